The first-order valence-corrected chi connectivity index (χ1v) is 4.81. The van der Waals surface area contributed by atoms with Crippen molar-refractivity contribution in [3.8, 4) is 0 Å². The lowest BCUT2D eigenvalue weighted by Gasteiger charge is -2.19. The van der Waals surface area contributed by atoms with Crippen LogP contribution in [0.25, 0.3) is 0 Å². The highest BCUT2D eigenvalue weighted by Gasteiger charge is 2.26. The van der Waals surface area contributed by atoms with Crippen LogP contribution in [0.3, 0.4) is 0 Å². The van der Waals surface area contributed by atoms with E-state index in [1.165, 1.54) is 0 Å². The number of ketones is 1. The summed E-state index contributed by atoms with van der Waals surface area (Å²) in [6, 6.07) is 5.88. The van der Waals surface area contributed by atoms with Crippen molar-refractivity contribution in [3.05, 3.63) is 34.9 Å². The maximum Gasteiger partial charge on any atom is 0.173 e. The second kappa shape index (κ2) is 3.37. The molecule has 2 nitrogen and oxygen atoms in total. The van der Waals surface area contributed by atoms with Gasteiger partial charge in [-0.1, -0.05) is 17.7 Å². The number of carbonyl (C=O) groups is 2. The normalized spacial score (nSPS) is 20.4. The summed E-state index contributed by atoms with van der Waals surface area (Å²) >= 11 is 0. The molecule has 1 aromatic carbocycles. The van der Waals surface area contributed by atoms with Gasteiger partial charge >= 0.3 is 0 Å². The molecular formula is C12H12O2. The second-order valence-corrected chi connectivity index (χ2v) is 3.81. The fraction of sp³-hybridized carbons (Fsp3) is 0.333. The van der Waals surface area contributed by atoms with Crippen molar-refractivity contribution >= 4 is 12.1 Å². The summed E-state index contributed by atoms with van der Waals surface area (Å²) in [5, 5.41) is 0. The fourth-order valence-corrected chi connectivity index (χ4v) is 1.91. The number of hydrogen-bond donors (Lipinski definition) is 0. The highest BCUT2D eigenvalue weighted by atomic mass is 16.1. The molecule has 1 aromatic rings. The molecule has 1 atom stereocenters. The number of fused-ring (bicyclic) bond motifs is 1. The van der Waals surface area contributed by atoms with Crippen molar-refractivity contribution in [1.29, 1.82) is 0 Å². The largest absolute Gasteiger partial charge is 0.303 e. The van der Waals surface area contributed by atoms with Crippen LogP contribution in [-0.2, 0) is 11.2 Å². The van der Waals surface area contributed by atoms with Gasteiger partial charge in [0, 0.05) is 5.56 Å². The van der Waals surface area contributed by atoms with Gasteiger partial charge < -0.3 is 4.79 Å². The summed E-state index contributed by atoms with van der Waals surface area (Å²) < 4.78 is 0. The summed E-state index contributed by atoms with van der Waals surface area (Å²) in [4.78, 5) is 22.4. The van der Waals surface area contributed by atoms with Crippen molar-refractivity contribution in [2.45, 2.75) is 19.8 Å². The lowest BCUT2D eigenvalue weighted by atomic mass is 9.83. The third kappa shape index (κ3) is 1.37. The summed E-state index contributed by atoms with van der Waals surface area (Å²) in [6.45, 7) is 1.96. The molecular weight excluding hydrogens is 176 g/mol. The van der Waals surface area contributed by atoms with E-state index in [4.69, 9.17) is 0 Å². The zero-order valence-electron chi connectivity index (χ0n) is 8.12. The zero-order chi connectivity index (χ0) is 10.1. The molecule has 1 aliphatic rings. The molecule has 0 saturated heterocycles. The topological polar surface area (TPSA) is 34.1 Å². The van der Waals surface area contributed by atoms with Crippen molar-refractivity contribution in [3.63, 3.8) is 0 Å². The van der Waals surface area contributed by atoms with Crippen LogP contribution in [0.2, 0.25) is 0 Å². The summed E-state index contributed by atoms with van der Waals surface area (Å²) in [5.41, 5.74) is 2.90. The van der Waals surface area contributed by atoms with Crippen LogP contribution in [0, 0.1) is 12.8 Å². The molecule has 2 rings (SSSR count). The Labute approximate surface area is 82.9 Å². The van der Waals surface area contributed by atoms with E-state index in [0.717, 1.165) is 29.4 Å². The minimum Gasteiger partial charge on any atom is -0.303 e. The van der Waals surface area contributed by atoms with Crippen molar-refractivity contribution < 1.29 is 9.59 Å². The highest BCUT2D eigenvalue weighted by Crippen LogP contribution is 2.25. The van der Waals surface area contributed by atoms with Crippen LogP contribution >= 0.6 is 0 Å². The van der Waals surface area contributed by atoms with Gasteiger partial charge in [0.15, 0.2) is 5.78 Å². The molecule has 0 N–H and O–H groups in total. The molecule has 1 aliphatic carbocycles. The van der Waals surface area contributed by atoms with Crippen molar-refractivity contribution in [2.75, 3.05) is 0 Å². The predicted molar refractivity (Wildman–Crippen MR) is 53.4 cm³/mol. The van der Waals surface area contributed by atoms with E-state index >= 15 is 0 Å². The molecule has 0 spiro atoms. The third-order valence-electron chi connectivity index (χ3n) is 2.76. The average Bonchev–Trinajstić information content (AvgIpc) is 2.20. The van der Waals surface area contributed by atoms with Crippen molar-refractivity contribution in [2.24, 2.45) is 5.92 Å². The Morgan fingerprint density at radius 1 is 1.43 bits per heavy atom. The molecule has 14 heavy (non-hydrogen) atoms. The first-order valence-electron chi connectivity index (χ1n) is 4.81. The quantitative estimate of drug-likeness (QED) is 0.498. The van der Waals surface area contributed by atoms with Gasteiger partial charge in [0.2, 0.25) is 0 Å². The molecule has 0 amide bonds. The minimum atomic E-state index is -0.413. The number of hydrogen-bond acceptors (Lipinski definition) is 2. The minimum absolute atomic E-state index is 0.00931. The Morgan fingerprint density at radius 2 is 2.21 bits per heavy atom. The van der Waals surface area contributed by atoms with E-state index < -0.39 is 5.92 Å². The molecule has 0 aromatic heterocycles. The Bertz CT molecular complexity index is 393. The number of rotatable bonds is 1. The van der Waals surface area contributed by atoms with Crippen LogP contribution in [0.1, 0.15) is 27.9 Å². The standard InChI is InChI=1S/C12H12O2/c1-8-2-3-9-4-5-10(7-13)12(14)11(9)6-8/h2-3,6-7,10H,4-5H2,1H3. The third-order valence-corrected chi connectivity index (χ3v) is 2.76. The molecule has 0 radical (unpaired) electrons. The number of carbonyl (C=O) groups excluding carboxylic acids is 2. The lowest BCUT2D eigenvalue weighted by Crippen LogP contribution is -2.23. The lowest BCUT2D eigenvalue weighted by molar-refractivity contribution is -0.110. The SMILES string of the molecule is Cc1ccc2c(c1)C(=O)C(C=O)CC2. The van der Waals surface area contributed by atoms with E-state index in [-0.39, 0.29) is 5.78 Å². The van der Waals surface area contributed by atoms with Gasteiger partial charge in [-0.2, -0.15) is 0 Å². The highest BCUT2D eigenvalue weighted by molar-refractivity contribution is 6.07. The van der Waals surface area contributed by atoms with Gasteiger partial charge in [-0.25, -0.2) is 0 Å². The molecule has 1 unspecified atom stereocenters. The Balaban J connectivity index is 2.48. The second-order valence-electron chi connectivity index (χ2n) is 3.81. The van der Waals surface area contributed by atoms with Crippen LogP contribution in [-0.4, -0.2) is 12.1 Å². The van der Waals surface area contributed by atoms with Crippen LogP contribution in [0.4, 0.5) is 0 Å². The number of aldehydes is 1. The van der Waals surface area contributed by atoms with E-state index in [1.54, 1.807) is 0 Å². The van der Waals surface area contributed by atoms with Crippen LogP contribution in [0.5, 0.6) is 0 Å². The molecule has 72 valence electrons. The Kier molecular flexibility index (Phi) is 2.20. The van der Waals surface area contributed by atoms with Crippen LogP contribution in [0.15, 0.2) is 18.2 Å². The average molecular weight is 188 g/mol. The fourth-order valence-electron chi connectivity index (χ4n) is 1.91. The molecule has 0 fully saturated rings. The number of benzene rings is 1. The Hall–Kier alpha value is -1.44. The summed E-state index contributed by atoms with van der Waals surface area (Å²) in [5.74, 6) is -0.422. The molecule has 0 saturated carbocycles. The predicted octanol–water partition coefficient (Wildman–Crippen LogP) is 1.94. The zero-order valence-corrected chi connectivity index (χ0v) is 8.12. The molecule has 0 aliphatic heterocycles. The molecule has 2 heteroatoms. The molecule has 0 heterocycles. The van der Waals surface area contributed by atoms with Gasteiger partial charge in [0.1, 0.15) is 6.29 Å². The van der Waals surface area contributed by atoms with E-state index in [1.807, 2.05) is 25.1 Å². The van der Waals surface area contributed by atoms with E-state index in [9.17, 15) is 9.59 Å². The van der Waals surface area contributed by atoms with Gasteiger partial charge in [0.05, 0.1) is 5.92 Å². The van der Waals surface area contributed by atoms with Crippen LogP contribution < -0.4 is 0 Å². The molecule has 0 bridgehead atoms. The smallest absolute Gasteiger partial charge is 0.173 e. The number of Topliss-reactive ketones (excluding diaryl/α,β-unsaturated/α-hetero) is 1. The number of aryl methyl sites for hydroxylation is 2. The van der Waals surface area contributed by atoms with Gasteiger partial charge in [-0.3, -0.25) is 4.79 Å². The van der Waals surface area contributed by atoms with Gasteiger partial charge in [0.25, 0.3) is 0 Å². The Morgan fingerprint density at radius 3 is 2.93 bits per heavy atom. The summed E-state index contributed by atoms with van der Waals surface area (Å²) in [7, 11) is 0. The summed E-state index contributed by atoms with van der Waals surface area (Å²) in [6.07, 6.45) is 2.27. The van der Waals surface area contributed by atoms with Gasteiger partial charge in [-0.05, 0) is 31.4 Å². The monoisotopic (exact) mass is 188 g/mol. The van der Waals surface area contributed by atoms with Crippen molar-refractivity contribution in [1.82, 2.24) is 0 Å². The first kappa shape index (κ1) is 9.13. The maximum atomic E-state index is 11.8. The first-order chi connectivity index (χ1) is 6.72. The van der Waals surface area contributed by atoms with E-state index in [2.05, 4.69) is 0 Å². The van der Waals surface area contributed by atoms with Gasteiger partial charge in [-0.15, -0.1) is 0 Å². The van der Waals surface area contributed by atoms with E-state index in [0.29, 0.717) is 6.42 Å². The maximum absolute atomic E-state index is 11.8.